The number of aliphatic hydroxyl groups excluding tert-OH is 1. The molecule has 1 heterocycles. The molecule has 1 aromatic carbocycles. The molecule has 1 aromatic rings. The van der Waals surface area contributed by atoms with Crippen LogP contribution >= 0.6 is 11.6 Å². The lowest BCUT2D eigenvalue weighted by molar-refractivity contribution is -0.132. The number of rotatable bonds is 4. The van der Waals surface area contributed by atoms with E-state index >= 15 is 0 Å². The Balaban J connectivity index is 2.07. The Bertz CT molecular complexity index is 702. The van der Waals surface area contributed by atoms with Crippen molar-refractivity contribution >= 4 is 23.3 Å². The van der Waals surface area contributed by atoms with Gasteiger partial charge in [0.25, 0.3) is 5.91 Å². The first-order valence-electron chi connectivity index (χ1n) is 8.97. The van der Waals surface area contributed by atoms with Crippen molar-refractivity contribution < 1.29 is 14.7 Å². The molecule has 1 atom stereocenters. The Morgan fingerprint density at radius 1 is 1.16 bits per heavy atom. The molecule has 0 aromatic heterocycles. The van der Waals surface area contributed by atoms with E-state index in [0.29, 0.717) is 5.02 Å². The lowest BCUT2D eigenvalue weighted by Crippen LogP contribution is -2.41. The third-order valence-electron chi connectivity index (χ3n) is 5.19. The minimum Gasteiger partial charge on any atom is -0.503 e. The van der Waals surface area contributed by atoms with Crippen molar-refractivity contribution in [3.8, 4) is 0 Å². The molecule has 1 N–H and O–H groups in total. The van der Waals surface area contributed by atoms with Crippen LogP contribution in [-0.4, -0.2) is 27.7 Å². The lowest BCUT2D eigenvalue weighted by Gasteiger charge is -2.36. The Hall–Kier alpha value is -1.81. The standard InChI is InChI=1S/C20H24ClNO3/c1-12(2)18(23)16-17(13-8-10-14(21)11-9-13)22(20(25)19(16)24)15-6-4-3-5-7-15/h8-12,15,17,24H,3-7H2,1-2H3. The molecular formula is C20H24ClNO3. The highest BCUT2D eigenvalue weighted by molar-refractivity contribution is 6.30. The van der Waals surface area contributed by atoms with Crippen molar-refractivity contribution in [2.24, 2.45) is 5.92 Å². The predicted octanol–water partition coefficient (Wildman–Crippen LogP) is 4.59. The number of ketones is 1. The van der Waals surface area contributed by atoms with Crippen LogP contribution in [0.15, 0.2) is 35.6 Å². The maximum atomic E-state index is 12.8. The van der Waals surface area contributed by atoms with Gasteiger partial charge in [-0.15, -0.1) is 0 Å². The van der Waals surface area contributed by atoms with Gasteiger partial charge in [-0.2, -0.15) is 0 Å². The van der Waals surface area contributed by atoms with Gasteiger partial charge in [0, 0.05) is 17.0 Å². The average Bonchev–Trinajstić information content (AvgIpc) is 2.87. The third kappa shape index (κ3) is 3.32. The van der Waals surface area contributed by atoms with E-state index in [1.54, 1.807) is 30.9 Å². The van der Waals surface area contributed by atoms with E-state index in [1.165, 1.54) is 6.42 Å². The number of halogens is 1. The summed E-state index contributed by atoms with van der Waals surface area (Å²) in [6.45, 7) is 3.57. The number of amides is 1. The molecule has 25 heavy (non-hydrogen) atoms. The van der Waals surface area contributed by atoms with E-state index in [-0.39, 0.29) is 29.1 Å². The quantitative estimate of drug-likeness (QED) is 0.853. The van der Waals surface area contributed by atoms with Crippen molar-refractivity contribution in [2.75, 3.05) is 0 Å². The van der Waals surface area contributed by atoms with Crippen LogP contribution in [0.2, 0.25) is 5.02 Å². The molecule has 1 aliphatic heterocycles. The van der Waals surface area contributed by atoms with Crippen molar-refractivity contribution in [1.82, 2.24) is 4.90 Å². The van der Waals surface area contributed by atoms with Crippen LogP contribution in [0.3, 0.4) is 0 Å². The summed E-state index contributed by atoms with van der Waals surface area (Å²) < 4.78 is 0. The summed E-state index contributed by atoms with van der Waals surface area (Å²) in [6, 6.07) is 6.72. The van der Waals surface area contributed by atoms with Gasteiger partial charge in [-0.05, 0) is 30.5 Å². The third-order valence-corrected chi connectivity index (χ3v) is 5.44. The van der Waals surface area contributed by atoms with Gasteiger partial charge in [0.15, 0.2) is 11.5 Å². The molecule has 0 spiro atoms. The Kier molecular flexibility index (Phi) is 5.19. The number of aliphatic hydroxyl groups is 1. The van der Waals surface area contributed by atoms with E-state index in [2.05, 4.69) is 0 Å². The van der Waals surface area contributed by atoms with E-state index in [9.17, 15) is 14.7 Å². The molecule has 1 fully saturated rings. The van der Waals surface area contributed by atoms with Gasteiger partial charge in [0.2, 0.25) is 0 Å². The molecule has 0 radical (unpaired) electrons. The van der Waals surface area contributed by atoms with E-state index in [4.69, 9.17) is 11.6 Å². The zero-order chi connectivity index (χ0) is 18.1. The molecule has 1 aliphatic carbocycles. The summed E-state index contributed by atoms with van der Waals surface area (Å²) in [6.07, 6.45) is 5.12. The zero-order valence-electron chi connectivity index (χ0n) is 14.7. The fourth-order valence-corrected chi connectivity index (χ4v) is 4.02. The van der Waals surface area contributed by atoms with Gasteiger partial charge in [0.05, 0.1) is 11.6 Å². The molecule has 1 unspecified atom stereocenters. The minimum absolute atomic E-state index is 0.0570. The molecule has 3 rings (SSSR count). The summed E-state index contributed by atoms with van der Waals surface area (Å²) in [4.78, 5) is 27.3. The number of benzene rings is 1. The van der Waals surface area contributed by atoms with Gasteiger partial charge in [-0.1, -0.05) is 56.8 Å². The zero-order valence-corrected chi connectivity index (χ0v) is 15.4. The van der Waals surface area contributed by atoms with Crippen LogP contribution in [0, 0.1) is 5.92 Å². The monoisotopic (exact) mass is 361 g/mol. The fourth-order valence-electron chi connectivity index (χ4n) is 3.89. The second-order valence-electron chi connectivity index (χ2n) is 7.24. The van der Waals surface area contributed by atoms with Crippen molar-refractivity contribution in [1.29, 1.82) is 0 Å². The van der Waals surface area contributed by atoms with E-state index in [1.807, 2.05) is 12.1 Å². The van der Waals surface area contributed by atoms with Gasteiger partial charge in [0.1, 0.15) is 0 Å². The predicted molar refractivity (Wildman–Crippen MR) is 97.4 cm³/mol. The number of Topliss-reactive ketones (excluding diaryl/α,β-unsaturated/α-hetero) is 1. The van der Waals surface area contributed by atoms with Crippen LogP contribution in [0.25, 0.3) is 0 Å². The number of hydrogen-bond donors (Lipinski definition) is 1. The first-order valence-corrected chi connectivity index (χ1v) is 9.35. The molecular weight excluding hydrogens is 338 g/mol. The van der Waals surface area contributed by atoms with Gasteiger partial charge >= 0.3 is 0 Å². The molecule has 0 bridgehead atoms. The maximum absolute atomic E-state index is 12.8. The van der Waals surface area contributed by atoms with Gasteiger partial charge in [-0.3, -0.25) is 9.59 Å². The molecule has 5 heteroatoms. The van der Waals surface area contributed by atoms with Crippen LogP contribution in [-0.2, 0) is 9.59 Å². The highest BCUT2D eigenvalue weighted by Crippen LogP contribution is 2.42. The molecule has 0 saturated heterocycles. The molecule has 1 amide bonds. The summed E-state index contributed by atoms with van der Waals surface area (Å²) in [5.41, 5.74) is 1.05. The molecule has 2 aliphatic rings. The smallest absolute Gasteiger partial charge is 0.290 e. The summed E-state index contributed by atoms with van der Waals surface area (Å²) in [5, 5.41) is 11.1. The van der Waals surface area contributed by atoms with Crippen molar-refractivity contribution in [3.63, 3.8) is 0 Å². The molecule has 134 valence electrons. The maximum Gasteiger partial charge on any atom is 0.290 e. The van der Waals surface area contributed by atoms with Crippen LogP contribution < -0.4 is 0 Å². The first-order chi connectivity index (χ1) is 11.9. The number of carbonyl (C=O) groups is 2. The Morgan fingerprint density at radius 3 is 2.32 bits per heavy atom. The summed E-state index contributed by atoms with van der Waals surface area (Å²) in [5.74, 6) is -1.27. The number of hydrogen-bond acceptors (Lipinski definition) is 3. The molecule has 1 saturated carbocycles. The second-order valence-corrected chi connectivity index (χ2v) is 7.68. The molecule has 4 nitrogen and oxygen atoms in total. The topological polar surface area (TPSA) is 57.6 Å². The summed E-state index contributed by atoms with van der Waals surface area (Å²) in [7, 11) is 0. The van der Waals surface area contributed by atoms with Crippen molar-refractivity contribution in [3.05, 3.63) is 46.2 Å². The van der Waals surface area contributed by atoms with E-state index in [0.717, 1.165) is 31.2 Å². The normalized spacial score (nSPS) is 22.2. The van der Waals surface area contributed by atoms with Crippen LogP contribution in [0.1, 0.15) is 57.6 Å². The van der Waals surface area contributed by atoms with E-state index < -0.39 is 11.9 Å². The Morgan fingerprint density at radius 2 is 1.76 bits per heavy atom. The van der Waals surface area contributed by atoms with Crippen LogP contribution in [0.4, 0.5) is 0 Å². The minimum atomic E-state index is -0.525. The van der Waals surface area contributed by atoms with Gasteiger partial charge < -0.3 is 10.0 Å². The number of carbonyl (C=O) groups excluding carboxylic acids is 2. The Labute approximate surface area is 153 Å². The first kappa shape index (κ1) is 18.0. The van der Waals surface area contributed by atoms with Crippen molar-refractivity contribution in [2.45, 2.75) is 58.0 Å². The SMILES string of the molecule is CC(C)C(=O)C1=C(O)C(=O)N(C2CCCCC2)C1c1ccc(Cl)cc1. The lowest BCUT2D eigenvalue weighted by atomic mass is 9.88. The highest BCUT2D eigenvalue weighted by Gasteiger charge is 2.46. The highest BCUT2D eigenvalue weighted by atomic mass is 35.5. The van der Waals surface area contributed by atoms with Gasteiger partial charge in [-0.25, -0.2) is 0 Å². The summed E-state index contributed by atoms with van der Waals surface area (Å²) >= 11 is 6.00. The van der Waals surface area contributed by atoms with Crippen LogP contribution in [0.5, 0.6) is 0 Å². The number of nitrogens with zero attached hydrogens (tertiary/aromatic N) is 1. The largest absolute Gasteiger partial charge is 0.503 e. The average molecular weight is 362 g/mol. The fraction of sp³-hybridized carbons (Fsp3) is 0.500. The second kappa shape index (κ2) is 7.20.